The van der Waals surface area contributed by atoms with Crippen LogP contribution in [0.25, 0.3) is 11.0 Å². The van der Waals surface area contributed by atoms with Crippen molar-refractivity contribution in [2.45, 2.75) is 19.9 Å². The summed E-state index contributed by atoms with van der Waals surface area (Å²) < 4.78 is 3.82. The highest BCUT2D eigenvalue weighted by atomic mass is 16.1. The first-order valence-electron chi connectivity index (χ1n) is 6.64. The first-order valence-corrected chi connectivity index (χ1v) is 6.64. The summed E-state index contributed by atoms with van der Waals surface area (Å²) in [5.41, 5.74) is 2.62. The number of benzene rings is 1. The van der Waals surface area contributed by atoms with Gasteiger partial charge in [-0.25, -0.2) is 9.97 Å². The summed E-state index contributed by atoms with van der Waals surface area (Å²) in [6, 6.07) is 7.95. The summed E-state index contributed by atoms with van der Waals surface area (Å²) in [5.74, 6) is 0.843. The fourth-order valence-corrected chi connectivity index (χ4v) is 2.47. The molecule has 0 aliphatic heterocycles. The molecule has 0 unspecified atom stereocenters. The minimum atomic E-state index is 0.0370. The lowest BCUT2D eigenvalue weighted by Crippen LogP contribution is -2.12. The Hall–Kier alpha value is -2.43. The predicted molar refractivity (Wildman–Crippen MR) is 76.6 cm³/mol. The largest absolute Gasteiger partial charge is 0.331 e. The van der Waals surface area contributed by atoms with Gasteiger partial charge in [0.05, 0.1) is 30.0 Å². The molecule has 2 heterocycles. The van der Waals surface area contributed by atoms with Gasteiger partial charge < -0.3 is 9.13 Å². The minimum Gasteiger partial charge on any atom is -0.331 e. The van der Waals surface area contributed by atoms with Crippen molar-refractivity contribution in [3.8, 4) is 0 Å². The highest BCUT2D eigenvalue weighted by Crippen LogP contribution is 2.17. The molecule has 20 heavy (non-hydrogen) atoms. The van der Waals surface area contributed by atoms with Crippen molar-refractivity contribution >= 4 is 16.8 Å². The summed E-state index contributed by atoms with van der Waals surface area (Å²) in [5, 5.41) is 0. The maximum Gasteiger partial charge on any atom is 0.188 e. The second-order valence-electron chi connectivity index (χ2n) is 4.75. The molecule has 0 N–H and O–H groups in total. The van der Waals surface area contributed by atoms with Gasteiger partial charge in [-0.1, -0.05) is 12.1 Å². The van der Waals surface area contributed by atoms with Crippen molar-refractivity contribution in [3.63, 3.8) is 0 Å². The van der Waals surface area contributed by atoms with Gasteiger partial charge in [0.25, 0.3) is 0 Å². The van der Waals surface area contributed by atoms with E-state index in [4.69, 9.17) is 0 Å². The number of nitrogens with zero attached hydrogens (tertiary/aromatic N) is 4. The average Bonchev–Trinajstić information content (AvgIpc) is 3.01. The van der Waals surface area contributed by atoms with E-state index < -0.39 is 0 Å². The van der Waals surface area contributed by atoms with Crippen LogP contribution in [0.4, 0.5) is 0 Å². The number of aromatic nitrogens is 4. The summed E-state index contributed by atoms with van der Waals surface area (Å²) in [7, 11) is 1.82. The van der Waals surface area contributed by atoms with Gasteiger partial charge in [0.15, 0.2) is 5.78 Å². The van der Waals surface area contributed by atoms with Crippen LogP contribution in [0, 0.1) is 0 Å². The molecule has 0 saturated heterocycles. The molecule has 0 atom stereocenters. The molecule has 3 aromatic rings. The van der Waals surface area contributed by atoms with Gasteiger partial charge in [0.2, 0.25) is 0 Å². The van der Waals surface area contributed by atoms with Crippen LogP contribution in [-0.4, -0.2) is 24.9 Å². The number of aryl methyl sites for hydroxylation is 2. The number of para-hydroxylation sites is 2. The quantitative estimate of drug-likeness (QED) is 0.682. The van der Waals surface area contributed by atoms with Crippen molar-refractivity contribution in [1.29, 1.82) is 0 Å². The van der Waals surface area contributed by atoms with E-state index in [0.717, 1.165) is 23.4 Å². The van der Waals surface area contributed by atoms with E-state index in [0.29, 0.717) is 12.1 Å². The lowest BCUT2D eigenvalue weighted by Gasteiger charge is -2.05. The highest BCUT2D eigenvalue weighted by molar-refractivity contribution is 5.95. The van der Waals surface area contributed by atoms with E-state index in [1.165, 1.54) is 0 Å². The maximum atomic E-state index is 12.3. The molecule has 0 bridgehead atoms. The number of ketones is 1. The van der Waals surface area contributed by atoms with Crippen molar-refractivity contribution in [2.75, 3.05) is 0 Å². The van der Waals surface area contributed by atoms with Crippen molar-refractivity contribution in [1.82, 2.24) is 19.1 Å². The third-order valence-electron chi connectivity index (χ3n) is 3.47. The standard InChI is InChI=1S/C15H16N4O/c1-3-19-12-7-5-4-6-11(12)17-15(19)8-14(20)13-9-16-10-18(13)2/h4-7,9-10H,3,8H2,1-2H3. The molecule has 0 amide bonds. The van der Waals surface area contributed by atoms with Crippen LogP contribution in [0.3, 0.4) is 0 Å². The number of carbonyl (C=O) groups is 1. The molecule has 1 aromatic carbocycles. The fraction of sp³-hybridized carbons (Fsp3) is 0.267. The number of rotatable bonds is 4. The van der Waals surface area contributed by atoms with Gasteiger partial charge in [-0.05, 0) is 19.1 Å². The molecular formula is C15H16N4O. The van der Waals surface area contributed by atoms with E-state index in [1.807, 2.05) is 31.3 Å². The molecule has 5 heteroatoms. The first kappa shape index (κ1) is 12.6. The number of imidazole rings is 2. The Labute approximate surface area is 116 Å². The van der Waals surface area contributed by atoms with Gasteiger partial charge in [0, 0.05) is 13.6 Å². The molecule has 0 radical (unpaired) electrons. The number of carbonyl (C=O) groups excluding carboxylic acids is 1. The number of hydrogen-bond donors (Lipinski definition) is 0. The van der Waals surface area contributed by atoms with Crippen molar-refractivity contribution in [2.24, 2.45) is 7.05 Å². The molecule has 0 aliphatic rings. The number of Topliss-reactive ketones (excluding diaryl/α,β-unsaturated/α-hetero) is 1. The number of hydrogen-bond acceptors (Lipinski definition) is 3. The Balaban J connectivity index is 1.99. The van der Waals surface area contributed by atoms with Gasteiger partial charge in [-0.3, -0.25) is 4.79 Å². The van der Waals surface area contributed by atoms with Gasteiger partial charge in [-0.15, -0.1) is 0 Å². The highest BCUT2D eigenvalue weighted by Gasteiger charge is 2.16. The Bertz CT molecular complexity index is 769. The minimum absolute atomic E-state index is 0.0370. The van der Waals surface area contributed by atoms with E-state index in [1.54, 1.807) is 17.1 Å². The molecule has 0 saturated carbocycles. The predicted octanol–water partition coefficient (Wildman–Crippen LogP) is 2.22. The summed E-state index contributed by atoms with van der Waals surface area (Å²) in [4.78, 5) is 20.9. The maximum absolute atomic E-state index is 12.3. The molecular weight excluding hydrogens is 252 g/mol. The normalized spacial score (nSPS) is 11.1. The Kier molecular flexibility index (Phi) is 3.10. The molecule has 0 fully saturated rings. The van der Waals surface area contributed by atoms with Gasteiger partial charge in [0.1, 0.15) is 11.5 Å². The lowest BCUT2D eigenvalue weighted by atomic mass is 10.2. The summed E-state index contributed by atoms with van der Waals surface area (Å²) in [6.07, 6.45) is 3.53. The molecule has 5 nitrogen and oxygen atoms in total. The fourth-order valence-electron chi connectivity index (χ4n) is 2.47. The van der Waals surface area contributed by atoms with Crippen LogP contribution in [0.15, 0.2) is 36.8 Å². The average molecular weight is 268 g/mol. The summed E-state index contributed by atoms with van der Waals surface area (Å²) >= 11 is 0. The molecule has 3 rings (SSSR count). The Morgan fingerprint density at radius 3 is 2.80 bits per heavy atom. The van der Waals surface area contributed by atoms with Crippen molar-refractivity contribution in [3.05, 3.63) is 48.3 Å². The zero-order valence-electron chi connectivity index (χ0n) is 11.6. The zero-order valence-corrected chi connectivity index (χ0v) is 11.6. The monoisotopic (exact) mass is 268 g/mol. The smallest absolute Gasteiger partial charge is 0.188 e. The topological polar surface area (TPSA) is 52.7 Å². The van der Waals surface area contributed by atoms with Gasteiger partial charge in [-0.2, -0.15) is 0 Å². The van der Waals surface area contributed by atoms with Crippen LogP contribution >= 0.6 is 0 Å². The third-order valence-corrected chi connectivity index (χ3v) is 3.47. The zero-order chi connectivity index (χ0) is 14.1. The van der Waals surface area contributed by atoms with Gasteiger partial charge >= 0.3 is 0 Å². The lowest BCUT2D eigenvalue weighted by molar-refractivity contribution is 0.0982. The SMILES string of the molecule is CCn1c(CC(=O)c2cncn2C)nc2ccccc21. The van der Waals surface area contributed by atoms with Crippen LogP contribution in [0.2, 0.25) is 0 Å². The Morgan fingerprint density at radius 1 is 1.30 bits per heavy atom. The van der Waals surface area contributed by atoms with E-state index >= 15 is 0 Å². The van der Waals surface area contributed by atoms with Crippen LogP contribution in [-0.2, 0) is 20.0 Å². The summed E-state index contributed by atoms with van der Waals surface area (Å²) in [6.45, 7) is 2.86. The molecule has 2 aromatic heterocycles. The first-order chi connectivity index (χ1) is 9.70. The second-order valence-corrected chi connectivity index (χ2v) is 4.75. The van der Waals surface area contributed by atoms with Crippen LogP contribution in [0.1, 0.15) is 23.2 Å². The van der Waals surface area contributed by atoms with Crippen molar-refractivity contribution < 1.29 is 4.79 Å². The number of fused-ring (bicyclic) bond motifs is 1. The van der Waals surface area contributed by atoms with E-state index in [2.05, 4.69) is 21.5 Å². The molecule has 102 valence electrons. The second kappa shape index (κ2) is 4.92. The van der Waals surface area contributed by atoms with Crippen LogP contribution in [0.5, 0.6) is 0 Å². The van der Waals surface area contributed by atoms with Crippen LogP contribution < -0.4 is 0 Å². The van der Waals surface area contributed by atoms with E-state index in [-0.39, 0.29) is 5.78 Å². The third kappa shape index (κ3) is 2.01. The Morgan fingerprint density at radius 2 is 2.10 bits per heavy atom. The molecule has 0 spiro atoms. The van der Waals surface area contributed by atoms with E-state index in [9.17, 15) is 4.79 Å². The molecule has 0 aliphatic carbocycles.